The second kappa shape index (κ2) is 8.77. The van der Waals surface area contributed by atoms with Crippen molar-refractivity contribution in [2.24, 2.45) is 5.92 Å². The van der Waals surface area contributed by atoms with Crippen LogP contribution in [0.2, 0.25) is 0 Å². The summed E-state index contributed by atoms with van der Waals surface area (Å²) in [6.45, 7) is 4.16. The largest absolute Gasteiger partial charge is 0.342 e. The Balaban J connectivity index is 1.41. The van der Waals surface area contributed by atoms with Gasteiger partial charge in [0, 0.05) is 25.3 Å². The number of piperidine rings is 1. The molecule has 0 bridgehead atoms. The Kier molecular flexibility index (Phi) is 6.18. The van der Waals surface area contributed by atoms with Crippen LogP contribution in [0.5, 0.6) is 0 Å². The smallest absolute Gasteiger partial charge is 0.236 e. The Labute approximate surface area is 150 Å². The molecule has 0 aliphatic carbocycles. The van der Waals surface area contributed by atoms with Crippen LogP contribution in [-0.4, -0.2) is 35.4 Å². The van der Waals surface area contributed by atoms with Crippen LogP contribution in [0.25, 0.3) is 0 Å². The minimum absolute atomic E-state index is 0.0840. The fraction of sp³-hybridized carbons (Fsp3) is 0.429. The zero-order chi connectivity index (χ0) is 17.5. The van der Waals surface area contributed by atoms with E-state index in [1.54, 1.807) is 6.20 Å². The molecular formula is C21H27N3O. The zero-order valence-corrected chi connectivity index (χ0v) is 14.9. The number of pyridine rings is 1. The van der Waals surface area contributed by atoms with Crippen LogP contribution >= 0.6 is 0 Å². The first-order valence-corrected chi connectivity index (χ1v) is 9.18. The number of hydrogen-bond acceptors (Lipinski definition) is 3. The van der Waals surface area contributed by atoms with E-state index in [1.807, 2.05) is 30.0 Å². The van der Waals surface area contributed by atoms with Gasteiger partial charge in [0.05, 0.1) is 12.2 Å². The van der Waals surface area contributed by atoms with Gasteiger partial charge in [0.2, 0.25) is 5.91 Å². The maximum Gasteiger partial charge on any atom is 0.236 e. The predicted octanol–water partition coefficient (Wildman–Crippen LogP) is 3.21. The van der Waals surface area contributed by atoms with Crippen molar-refractivity contribution < 1.29 is 4.79 Å². The van der Waals surface area contributed by atoms with E-state index in [9.17, 15) is 4.79 Å². The molecular weight excluding hydrogens is 310 g/mol. The normalized spacial score (nSPS) is 16.6. The topological polar surface area (TPSA) is 45.2 Å². The Morgan fingerprint density at radius 2 is 1.88 bits per heavy atom. The van der Waals surface area contributed by atoms with Crippen molar-refractivity contribution in [1.29, 1.82) is 0 Å². The molecule has 1 aromatic heterocycles. The first-order valence-electron chi connectivity index (χ1n) is 9.18. The Morgan fingerprint density at radius 3 is 2.56 bits per heavy atom. The fourth-order valence-corrected chi connectivity index (χ4v) is 3.42. The van der Waals surface area contributed by atoms with Crippen LogP contribution in [-0.2, 0) is 11.2 Å². The molecule has 25 heavy (non-hydrogen) atoms. The maximum absolute atomic E-state index is 12.4. The van der Waals surface area contributed by atoms with Gasteiger partial charge in [0.15, 0.2) is 0 Å². The highest BCUT2D eigenvalue weighted by atomic mass is 16.2. The molecule has 1 atom stereocenters. The van der Waals surface area contributed by atoms with E-state index in [2.05, 4.69) is 40.6 Å². The molecule has 1 N–H and O–H groups in total. The highest BCUT2D eigenvalue weighted by molar-refractivity contribution is 5.78. The molecule has 1 aliphatic heterocycles. The molecule has 1 amide bonds. The molecule has 0 spiro atoms. The number of aromatic nitrogens is 1. The van der Waals surface area contributed by atoms with Crippen LogP contribution in [0, 0.1) is 5.92 Å². The molecule has 2 aromatic rings. The quantitative estimate of drug-likeness (QED) is 0.880. The van der Waals surface area contributed by atoms with Crippen molar-refractivity contribution in [3.05, 3.63) is 66.0 Å². The minimum Gasteiger partial charge on any atom is -0.342 e. The third-order valence-corrected chi connectivity index (χ3v) is 5.03. The third kappa shape index (κ3) is 5.13. The van der Waals surface area contributed by atoms with E-state index in [0.717, 1.165) is 38.0 Å². The van der Waals surface area contributed by atoms with Crippen molar-refractivity contribution in [3.8, 4) is 0 Å². The summed E-state index contributed by atoms with van der Waals surface area (Å²) in [5.74, 6) is 0.882. The average Bonchev–Trinajstić information content (AvgIpc) is 2.68. The zero-order valence-electron chi connectivity index (χ0n) is 14.9. The summed E-state index contributed by atoms with van der Waals surface area (Å²) in [4.78, 5) is 18.8. The number of carbonyl (C=O) groups excluding carboxylic acids is 1. The second-order valence-corrected chi connectivity index (χ2v) is 6.87. The van der Waals surface area contributed by atoms with Gasteiger partial charge in [-0.2, -0.15) is 0 Å². The molecule has 0 radical (unpaired) electrons. The van der Waals surface area contributed by atoms with Gasteiger partial charge in [-0.1, -0.05) is 36.4 Å². The predicted molar refractivity (Wildman–Crippen MR) is 100 cm³/mol. The summed E-state index contributed by atoms with van der Waals surface area (Å²) in [5, 5.41) is 3.29. The summed E-state index contributed by atoms with van der Waals surface area (Å²) < 4.78 is 0. The van der Waals surface area contributed by atoms with Crippen LogP contribution in [0.3, 0.4) is 0 Å². The molecule has 0 saturated carbocycles. The third-order valence-electron chi connectivity index (χ3n) is 5.03. The Morgan fingerprint density at radius 1 is 1.16 bits per heavy atom. The first-order chi connectivity index (χ1) is 12.2. The van der Waals surface area contributed by atoms with Gasteiger partial charge in [-0.15, -0.1) is 0 Å². The molecule has 132 valence electrons. The van der Waals surface area contributed by atoms with Crippen LogP contribution < -0.4 is 5.32 Å². The monoisotopic (exact) mass is 337 g/mol. The maximum atomic E-state index is 12.4. The van der Waals surface area contributed by atoms with Crippen molar-refractivity contribution in [2.45, 2.75) is 32.2 Å². The summed E-state index contributed by atoms with van der Waals surface area (Å²) in [7, 11) is 0. The van der Waals surface area contributed by atoms with Crippen LogP contribution in [0.4, 0.5) is 0 Å². The average molecular weight is 337 g/mol. The Hall–Kier alpha value is -2.20. The van der Waals surface area contributed by atoms with Crippen molar-refractivity contribution >= 4 is 5.91 Å². The molecule has 1 saturated heterocycles. The van der Waals surface area contributed by atoms with Gasteiger partial charge >= 0.3 is 0 Å². The van der Waals surface area contributed by atoms with Crippen molar-refractivity contribution in [2.75, 3.05) is 19.6 Å². The van der Waals surface area contributed by atoms with Crippen molar-refractivity contribution in [1.82, 2.24) is 15.2 Å². The second-order valence-electron chi connectivity index (χ2n) is 6.87. The molecule has 0 unspecified atom stereocenters. The van der Waals surface area contributed by atoms with E-state index >= 15 is 0 Å². The van der Waals surface area contributed by atoms with Gasteiger partial charge in [-0.25, -0.2) is 0 Å². The highest BCUT2D eigenvalue weighted by Crippen LogP contribution is 2.21. The molecule has 4 nitrogen and oxygen atoms in total. The first kappa shape index (κ1) is 17.6. The van der Waals surface area contributed by atoms with E-state index in [4.69, 9.17) is 0 Å². The Bertz CT molecular complexity index is 651. The summed E-state index contributed by atoms with van der Waals surface area (Å²) in [6.07, 6.45) is 5.09. The molecule has 3 rings (SSSR count). The van der Waals surface area contributed by atoms with Gasteiger partial charge in [-0.05, 0) is 49.8 Å². The lowest BCUT2D eigenvalue weighted by Gasteiger charge is -2.32. The molecule has 4 heteroatoms. The van der Waals surface area contributed by atoms with Gasteiger partial charge < -0.3 is 10.2 Å². The number of benzene rings is 1. The highest BCUT2D eigenvalue weighted by Gasteiger charge is 2.23. The van der Waals surface area contributed by atoms with Crippen molar-refractivity contribution in [3.63, 3.8) is 0 Å². The van der Waals surface area contributed by atoms with E-state index in [-0.39, 0.29) is 11.9 Å². The van der Waals surface area contributed by atoms with Crippen LogP contribution in [0.15, 0.2) is 54.7 Å². The van der Waals surface area contributed by atoms with E-state index in [0.29, 0.717) is 12.5 Å². The number of nitrogens with one attached hydrogen (secondary N) is 1. The van der Waals surface area contributed by atoms with Gasteiger partial charge in [-0.3, -0.25) is 9.78 Å². The van der Waals surface area contributed by atoms with Crippen LogP contribution in [0.1, 0.15) is 37.1 Å². The number of carbonyl (C=O) groups is 1. The summed E-state index contributed by atoms with van der Waals surface area (Å²) >= 11 is 0. The number of hydrogen-bond donors (Lipinski definition) is 1. The lowest BCUT2D eigenvalue weighted by atomic mass is 9.90. The molecule has 1 fully saturated rings. The SMILES string of the molecule is C[C@@H](NCC(=O)N1CCC(Cc2ccccc2)CC1)c1ccccn1. The standard InChI is InChI=1S/C21H27N3O/c1-17(20-9-5-6-12-22-20)23-16-21(25)24-13-10-19(11-14-24)15-18-7-3-2-4-8-18/h2-9,12,17,19,23H,10-11,13-16H2,1H3/t17-/m1/s1. The summed E-state index contributed by atoms with van der Waals surface area (Å²) in [5.41, 5.74) is 2.37. The molecule has 2 heterocycles. The fourth-order valence-electron chi connectivity index (χ4n) is 3.42. The van der Waals surface area contributed by atoms with E-state index in [1.165, 1.54) is 5.56 Å². The number of nitrogens with zero attached hydrogens (tertiary/aromatic N) is 2. The number of rotatable bonds is 6. The van der Waals surface area contributed by atoms with E-state index < -0.39 is 0 Å². The minimum atomic E-state index is 0.0840. The molecule has 1 aliphatic rings. The number of likely N-dealkylation sites (tertiary alicyclic amines) is 1. The number of amides is 1. The summed E-state index contributed by atoms with van der Waals surface area (Å²) in [6, 6.07) is 16.6. The van der Waals surface area contributed by atoms with Gasteiger partial charge in [0.25, 0.3) is 0 Å². The lowest BCUT2D eigenvalue weighted by Crippen LogP contribution is -2.43. The molecule has 1 aromatic carbocycles. The van der Waals surface area contributed by atoms with Gasteiger partial charge in [0.1, 0.15) is 0 Å². The lowest BCUT2D eigenvalue weighted by molar-refractivity contribution is -0.131.